The number of hydrogen-bond donors (Lipinski definition) is 1. The Morgan fingerprint density at radius 2 is 2.26 bits per heavy atom. The average Bonchev–Trinajstić information content (AvgIpc) is 3.08. The fourth-order valence-electron chi connectivity index (χ4n) is 3.97. The van der Waals surface area contributed by atoms with Crippen LogP contribution in [0.3, 0.4) is 0 Å². The van der Waals surface area contributed by atoms with E-state index in [4.69, 9.17) is 9.84 Å². The topological polar surface area (TPSA) is 90.4 Å². The van der Waals surface area contributed by atoms with E-state index in [1.807, 2.05) is 6.07 Å². The Balaban J connectivity index is 1.51. The number of ether oxygens (including phenoxy) is 1. The van der Waals surface area contributed by atoms with Crippen LogP contribution in [0.5, 0.6) is 5.88 Å². The Morgan fingerprint density at radius 3 is 3.04 bits per heavy atom. The highest BCUT2D eigenvalue weighted by molar-refractivity contribution is 5.63. The van der Waals surface area contributed by atoms with Crippen LogP contribution in [0.15, 0.2) is 18.3 Å². The number of hydrogen-bond acceptors (Lipinski definition) is 7. The molecule has 1 saturated heterocycles. The maximum absolute atomic E-state index is 9.86. The third-order valence-electron chi connectivity index (χ3n) is 5.25. The molecule has 27 heavy (non-hydrogen) atoms. The van der Waals surface area contributed by atoms with Crippen molar-refractivity contribution in [3.63, 3.8) is 0 Å². The number of β-amino-alcohol motifs (C(OH)–C–C–N with tert-alkyl or cyclic N) is 1. The number of aliphatic hydroxyl groups is 1. The molecular formula is C19H24N6O2. The molecule has 0 bridgehead atoms. The van der Waals surface area contributed by atoms with Crippen molar-refractivity contribution in [1.29, 1.82) is 5.26 Å². The number of piperidine rings is 1. The fraction of sp³-hybridized carbons (Fsp3) is 0.526. The molecule has 0 aliphatic carbocycles. The summed E-state index contributed by atoms with van der Waals surface area (Å²) in [5.41, 5.74) is 3.48. The van der Waals surface area contributed by atoms with E-state index in [1.165, 1.54) is 7.11 Å². The summed E-state index contributed by atoms with van der Waals surface area (Å²) in [6.45, 7) is 4.73. The molecule has 2 aliphatic heterocycles. The SMILES string of the molecule is COc1nccc(N2CCn3nc(CN4CCCC(O)C4)cc3C2)c1C#N. The van der Waals surface area contributed by atoms with Crippen molar-refractivity contribution >= 4 is 5.69 Å². The monoisotopic (exact) mass is 368 g/mol. The van der Waals surface area contributed by atoms with Gasteiger partial charge < -0.3 is 14.7 Å². The van der Waals surface area contributed by atoms with Gasteiger partial charge in [-0.15, -0.1) is 0 Å². The van der Waals surface area contributed by atoms with Gasteiger partial charge in [-0.2, -0.15) is 10.4 Å². The Labute approximate surface area is 158 Å². The van der Waals surface area contributed by atoms with Crippen LogP contribution in [0.25, 0.3) is 0 Å². The molecule has 1 unspecified atom stereocenters. The number of fused-ring (bicyclic) bond motifs is 1. The molecular weight excluding hydrogens is 344 g/mol. The number of pyridine rings is 1. The quantitative estimate of drug-likeness (QED) is 0.865. The largest absolute Gasteiger partial charge is 0.480 e. The Bertz CT molecular complexity index is 858. The van der Waals surface area contributed by atoms with Gasteiger partial charge >= 0.3 is 0 Å². The van der Waals surface area contributed by atoms with E-state index in [0.29, 0.717) is 18.0 Å². The van der Waals surface area contributed by atoms with E-state index in [1.54, 1.807) is 6.20 Å². The first-order valence-electron chi connectivity index (χ1n) is 9.32. The van der Waals surface area contributed by atoms with Crippen LogP contribution in [0.4, 0.5) is 5.69 Å². The molecule has 0 spiro atoms. The van der Waals surface area contributed by atoms with Gasteiger partial charge in [0, 0.05) is 25.8 Å². The predicted molar refractivity (Wildman–Crippen MR) is 99.3 cm³/mol. The highest BCUT2D eigenvalue weighted by Gasteiger charge is 2.24. The molecule has 1 atom stereocenters. The second-order valence-electron chi connectivity index (χ2n) is 7.13. The normalized spacial score (nSPS) is 20.2. The van der Waals surface area contributed by atoms with Gasteiger partial charge in [0.15, 0.2) is 0 Å². The summed E-state index contributed by atoms with van der Waals surface area (Å²) in [7, 11) is 1.53. The van der Waals surface area contributed by atoms with Crippen molar-refractivity contribution < 1.29 is 9.84 Å². The molecule has 2 aromatic rings. The summed E-state index contributed by atoms with van der Waals surface area (Å²) in [5, 5.41) is 24.1. The number of nitriles is 1. The minimum atomic E-state index is -0.224. The lowest BCUT2D eigenvalue weighted by atomic mass is 10.1. The first-order chi connectivity index (χ1) is 13.2. The van der Waals surface area contributed by atoms with Crippen molar-refractivity contribution in [1.82, 2.24) is 19.7 Å². The van der Waals surface area contributed by atoms with Gasteiger partial charge in [-0.25, -0.2) is 4.98 Å². The molecule has 4 heterocycles. The summed E-state index contributed by atoms with van der Waals surface area (Å²) in [6, 6.07) is 6.22. The zero-order valence-corrected chi connectivity index (χ0v) is 15.5. The lowest BCUT2D eigenvalue weighted by molar-refractivity contribution is 0.0661. The van der Waals surface area contributed by atoms with Gasteiger partial charge in [-0.05, 0) is 31.5 Å². The average molecular weight is 368 g/mol. The predicted octanol–water partition coefficient (Wildman–Crippen LogP) is 1.14. The van der Waals surface area contributed by atoms with Crippen LogP contribution in [0.1, 0.15) is 29.8 Å². The molecule has 0 radical (unpaired) electrons. The zero-order chi connectivity index (χ0) is 18.8. The summed E-state index contributed by atoms with van der Waals surface area (Å²) < 4.78 is 7.28. The van der Waals surface area contributed by atoms with Crippen LogP contribution in [-0.4, -0.2) is 57.6 Å². The third-order valence-corrected chi connectivity index (χ3v) is 5.25. The van der Waals surface area contributed by atoms with Gasteiger partial charge in [0.2, 0.25) is 5.88 Å². The number of nitrogens with zero attached hydrogens (tertiary/aromatic N) is 6. The minimum Gasteiger partial charge on any atom is -0.480 e. The van der Waals surface area contributed by atoms with E-state index in [0.717, 1.165) is 62.6 Å². The molecule has 8 heteroatoms. The maximum atomic E-state index is 9.86. The Hall–Kier alpha value is -2.63. The first-order valence-corrected chi connectivity index (χ1v) is 9.32. The molecule has 142 valence electrons. The van der Waals surface area contributed by atoms with Crippen LogP contribution in [0, 0.1) is 11.3 Å². The van der Waals surface area contributed by atoms with E-state index in [2.05, 4.69) is 31.6 Å². The summed E-state index contributed by atoms with van der Waals surface area (Å²) in [5.74, 6) is 0.360. The molecule has 0 aromatic carbocycles. The zero-order valence-electron chi connectivity index (χ0n) is 15.5. The fourth-order valence-corrected chi connectivity index (χ4v) is 3.97. The lowest BCUT2D eigenvalue weighted by Crippen LogP contribution is -2.37. The van der Waals surface area contributed by atoms with Crippen molar-refractivity contribution in [2.45, 2.75) is 38.6 Å². The number of rotatable bonds is 4. The van der Waals surface area contributed by atoms with Crippen LogP contribution < -0.4 is 9.64 Å². The smallest absolute Gasteiger partial charge is 0.233 e. The molecule has 1 N–H and O–H groups in total. The number of aromatic nitrogens is 3. The molecule has 1 fully saturated rings. The number of anilines is 1. The molecule has 0 saturated carbocycles. The molecule has 4 rings (SSSR count). The summed E-state index contributed by atoms with van der Waals surface area (Å²) in [6.07, 6.45) is 3.37. The maximum Gasteiger partial charge on any atom is 0.233 e. The number of methoxy groups -OCH3 is 1. The van der Waals surface area contributed by atoms with E-state index in [9.17, 15) is 10.4 Å². The molecule has 8 nitrogen and oxygen atoms in total. The molecule has 2 aromatic heterocycles. The highest BCUT2D eigenvalue weighted by Crippen LogP contribution is 2.29. The summed E-state index contributed by atoms with van der Waals surface area (Å²) in [4.78, 5) is 8.57. The van der Waals surface area contributed by atoms with Gasteiger partial charge in [0.1, 0.15) is 11.6 Å². The lowest BCUT2D eigenvalue weighted by Gasteiger charge is -2.30. The third kappa shape index (κ3) is 3.61. The van der Waals surface area contributed by atoms with Gasteiger partial charge in [-0.3, -0.25) is 9.58 Å². The van der Waals surface area contributed by atoms with Crippen molar-refractivity contribution in [2.24, 2.45) is 0 Å². The first kappa shape index (κ1) is 17.8. The summed E-state index contributed by atoms with van der Waals surface area (Å²) >= 11 is 0. The highest BCUT2D eigenvalue weighted by atomic mass is 16.5. The van der Waals surface area contributed by atoms with Gasteiger partial charge in [0.05, 0.1) is 43.4 Å². The minimum absolute atomic E-state index is 0.224. The van der Waals surface area contributed by atoms with Crippen LogP contribution in [0.2, 0.25) is 0 Å². The molecule has 2 aliphatic rings. The van der Waals surface area contributed by atoms with Crippen molar-refractivity contribution in [3.05, 3.63) is 35.3 Å². The Morgan fingerprint density at radius 1 is 1.37 bits per heavy atom. The van der Waals surface area contributed by atoms with Crippen molar-refractivity contribution in [3.8, 4) is 11.9 Å². The Kier molecular flexibility index (Phi) is 4.97. The van der Waals surface area contributed by atoms with Crippen LogP contribution >= 0.6 is 0 Å². The van der Waals surface area contributed by atoms with E-state index in [-0.39, 0.29) is 6.10 Å². The van der Waals surface area contributed by atoms with Crippen molar-refractivity contribution in [2.75, 3.05) is 31.6 Å². The van der Waals surface area contributed by atoms with Crippen LogP contribution in [-0.2, 0) is 19.6 Å². The second-order valence-corrected chi connectivity index (χ2v) is 7.13. The standard InChI is InChI=1S/C19H24N6O2/c1-27-19-17(10-20)18(4-5-21-19)24-7-8-25-15(12-24)9-14(22-25)11-23-6-2-3-16(26)13-23/h4-5,9,16,26H,2-3,6-8,11-13H2,1H3. The second kappa shape index (κ2) is 7.55. The van der Waals surface area contributed by atoms with Gasteiger partial charge in [-0.1, -0.05) is 0 Å². The number of likely N-dealkylation sites (tertiary alicyclic amines) is 1. The number of aliphatic hydroxyl groups excluding tert-OH is 1. The van der Waals surface area contributed by atoms with E-state index < -0.39 is 0 Å². The van der Waals surface area contributed by atoms with Gasteiger partial charge in [0.25, 0.3) is 0 Å². The van der Waals surface area contributed by atoms with E-state index >= 15 is 0 Å². The molecule has 0 amide bonds.